The van der Waals surface area contributed by atoms with Gasteiger partial charge in [-0.25, -0.2) is 0 Å². The number of hydrogen-bond acceptors (Lipinski definition) is 4. The van der Waals surface area contributed by atoms with Crippen LogP contribution in [0.4, 0.5) is 11.4 Å². The Labute approximate surface area is 190 Å². The molecule has 0 aromatic heterocycles. The summed E-state index contributed by atoms with van der Waals surface area (Å²) in [6, 6.07) is 21.8. The highest BCUT2D eigenvalue weighted by molar-refractivity contribution is 7.80. The van der Waals surface area contributed by atoms with Crippen LogP contribution in [0.3, 0.4) is 0 Å². The molecule has 1 unspecified atom stereocenters. The van der Waals surface area contributed by atoms with Crippen LogP contribution in [-0.4, -0.2) is 24.5 Å². The van der Waals surface area contributed by atoms with E-state index in [-0.39, 0.29) is 5.41 Å². The summed E-state index contributed by atoms with van der Waals surface area (Å²) >= 11 is 5.90. The molecule has 1 atom stereocenters. The number of fused-ring (bicyclic) bond motifs is 6. The zero-order valence-corrected chi connectivity index (χ0v) is 19.2. The molecule has 158 valence electrons. The third-order valence-corrected chi connectivity index (χ3v) is 7.07. The van der Waals surface area contributed by atoms with E-state index in [1.54, 1.807) is 0 Å². The van der Waals surface area contributed by atoms with E-state index in [0.29, 0.717) is 0 Å². The predicted molar refractivity (Wildman–Crippen MR) is 133 cm³/mol. The Morgan fingerprint density at radius 3 is 2.35 bits per heavy atom. The summed E-state index contributed by atoms with van der Waals surface area (Å²) in [7, 11) is 0. The monoisotopic (exact) mass is 428 g/mol. The molecule has 31 heavy (non-hydrogen) atoms. The van der Waals surface area contributed by atoms with Crippen LogP contribution < -0.4 is 15.0 Å². The van der Waals surface area contributed by atoms with Crippen molar-refractivity contribution >= 4 is 28.5 Å². The maximum absolute atomic E-state index is 6.57. The fourth-order valence-corrected chi connectivity index (χ4v) is 5.68. The Morgan fingerprint density at radius 1 is 0.903 bits per heavy atom. The number of hydrogen-bond donors (Lipinski definition) is 1. The highest BCUT2D eigenvalue weighted by Crippen LogP contribution is 2.58. The first kappa shape index (κ1) is 20.1. The number of nitrogens with one attached hydrogen (secondary N) is 1. The van der Waals surface area contributed by atoms with Crippen molar-refractivity contribution in [3.05, 3.63) is 82.9 Å². The molecule has 3 aromatic rings. The van der Waals surface area contributed by atoms with E-state index in [1.807, 2.05) is 0 Å². The predicted octanol–water partition coefficient (Wildman–Crippen LogP) is 6.53. The molecule has 0 saturated heterocycles. The van der Waals surface area contributed by atoms with E-state index in [9.17, 15) is 0 Å². The summed E-state index contributed by atoms with van der Waals surface area (Å²) in [6.07, 6.45) is 0.802. The summed E-state index contributed by atoms with van der Waals surface area (Å²) < 4.78 is 6.57. The van der Waals surface area contributed by atoms with Crippen LogP contribution in [-0.2, 0) is 5.41 Å². The van der Waals surface area contributed by atoms with Crippen LogP contribution in [0.15, 0.2) is 60.7 Å². The van der Waals surface area contributed by atoms with Crippen LogP contribution in [0.2, 0.25) is 0 Å². The molecular formula is C27H28N2OS. The fraction of sp³-hybridized carbons (Fsp3) is 0.296. The van der Waals surface area contributed by atoms with E-state index in [2.05, 4.69) is 91.7 Å². The van der Waals surface area contributed by atoms with Gasteiger partial charge in [-0.1, -0.05) is 48.6 Å². The molecule has 2 aliphatic rings. The Bertz CT molecular complexity index is 1170. The maximum atomic E-state index is 6.57. The molecule has 0 saturated carbocycles. The molecular weight excluding hydrogens is 400 g/mol. The van der Waals surface area contributed by atoms with Gasteiger partial charge in [-0.15, -0.1) is 0 Å². The van der Waals surface area contributed by atoms with Crippen LogP contribution >= 0.6 is 12.2 Å². The highest BCUT2D eigenvalue weighted by Gasteiger charge is 2.49. The lowest BCUT2D eigenvalue weighted by Gasteiger charge is -2.39. The van der Waals surface area contributed by atoms with E-state index in [1.165, 1.54) is 27.9 Å². The standard InChI is InChI=1S/C27H28N2OS/c1-4-28-18-11-13-22-24(15-18)30-25-16-19(29(5-2)6-3)12-14-23(25)27(22)17-26(31)20-9-7-8-10-21(20)27/h7-16,28H,4-6,17H2,1-3H3. The van der Waals surface area contributed by atoms with Crippen molar-refractivity contribution in [2.75, 3.05) is 29.9 Å². The molecule has 1 aliphatic carbocycles. The van der Waals surface area contributed by atoms with Gasteiger partial charge in [-0.05, 0) is 44.0 Å². The van der Waals surface area contributed by atoms with Gasteiger partial charge in [0.05, 0.1) is 5.41 Å². The fourth-order valence-electron chi connectivity index (χ4n) is 5.28. The molecule has 5 rings (SSSR count). The number of nitrogens with zero attached hydrogens (tertiary/aromatic N) is 1. The van der Waals surface area contributed by atoms with Gasteiger partial charge in [0.15, 0.2) is 0 Å². The minimum absolute atomic E-state index is 0.302. The maximum Gasteiger partial charge on any atom is 0.133 e. The average Bonchev–Trinajstić information content (AvgIpc) is 3.08. The van der Waals surface area contributed by atoms with Gasteiger partial charge in [0.25, 0.3) is 0 Å². The molecule has 1 spiro atoms. The quantitative estimate of drug-likeness (QED) is 0.467. The highest BCUT2D eigenvalue weighted by atomic mass is 32.1. The zero-order chi connectivity index (χ0) is 21.6. The molecule has 0 amide bonds. The van der Waals surface area contributed by atoms with Crippen molar-refractivity contribution < 1.29 is 4.74 Å². The lowest BCUT2D eigenvalue weighted by molar-refractivity contribution is 0.424. The van der Waals surface area contributed by atoms with Gasteiger partial charge in [0, 0.05) is 65.6 Å². The van der Waals surface area contributed by atoms with E-state index >= 15 is 0 Å². The smallest absolute Gasteiger partial charge is 0.133 e. The van der Waals surface area contributed by atoms with Crippen molar-refractivity contribution in [1.29, 1.82) is 0 Å². The van der Waals surface area contributed by atoms with E-state index in [0.717, 1.165) is 48.1 Å². The van der Waals surface area contributed by atoms with Crippen molar-refractivity contribution in [2.45, 2.75) is 32.6 Å². The lowest BCUT2D eigenvalue weighted by Crippen LogP contribution is -2.31. The second-order valence-corrected chi connectivity index (χ2v) is 8.74. The van der Waals surface area contributed by atoms with Crippen LogP contribution in [0.5, 0.6) is 11.5 Å². The lowest BCUT2D eigenvalue weighted by atomic mass is 9.68. The summed E-state index contributed by atoms with van der Waals surface area (Å²) in [6.45, 7) is 9.30. The Kier molecular flexibility index (Phi) is 4.98. The number of ether oxygens (including phenoxy) is 1. The van der Waals surface area contributed by atoms with Gasteiger partial charge in [-0.3, -0.25) is 0 Å². The minimum Gasteiger partial charge on any atom is -0.457 e. The topological polar surface area (TPSA) is 24.5 Å². The summed E-state index contributed by atoms with van der Waals surface area (Å²) in [5, 5.41) is 3.42. The van der Waals surface area contributed by atoms with Crippen molar-refractivity contribution in [2.24, 2.45) is 0 Å². The van der Waals surface area contributed by atoms with Crippen molar-refractivity contribution in [1.82, 2.24) is 0 Å². The number of thiocarbonyl (C=S) groups is 1. The Balaban J connectivity index is 1.77. The second-order valence-electron chi connectivity index (χ2n) is 8.25. The average molecular weight is 429 g/mol. The third kappa shape index (κ3) is 2.96. The third-order valence-electron chi connectivity index (χ3n) is 6.71. The first-order valence-electron chi connectivity index (χ1n) is 11.2. The molecule has 4 heteroatoms. The largest absolute Gasteiger partial charge is 0.457 e. The first-order valence-corrected chi connectivity index (χ1v) is 11.6. The molecule has 3 nitrogen and oxygen atoms in total. The normalized spacial score (nSPS) is 18.2. The van der Waals surface area contributed by atoms with E-state index in [4.69, 9.17) is 17.0 Å². The number of benzene rings is 3. The van der Waals surface area contributed by atoms with Crippen LogP contribution in [0, 0.1) is 0 Å². The molecule has 1 aliphatic heterocycles. The Morgan fingerprint density at radius 2 is 1.61 bits per heavy atom. The van der Waals surface area contributed by atoms with Crippen molar-refractivity contribution in [3.8, 4) is 11.5 Å². The van der Waals surface area contributed by atoms with E-state index < -0.39 is 0 Å². The van der Waals surface area contributed by atoms with Gasteiger partial charge >= 0.3 is 0 Å². The number of anilines is 2. The first-order chi connectivity index (χ1) is 15.1. The SMILES string of the molecule is CCNc1ccc2c(c1)Oc1cc(N(CC)CC)ccc1C21CC(=S)c2ccccc21. The molecule has 0 bridgehead atoms. The molecule has 1 heterocycles. The summed E-state index contributed by atoms with van der Waals surface area (Å²) in [4.78, 5) is 3.38. The van der Waals surface area contributed by atoms with Gasteiger partial charge in [0.1, 0.15) is 11.5 Å². The van der Waals surface area contributed by atoms with Gasteiger partial charge < -0.3 is 15.0 Å². The Hall–Kier alpha value is -2.85. The molecule has 0 radical (unpaired) electrons. The summed E-state index contributed by atoms with van der Waals surface area (Å²) in [5.74, 6) is 1.85. The number of rotatable bonds is 5. The zero-order valence-electron chi connectivity index (χ0n) is 18.4. The second kappa shape index (κ2) is 7.69. The van der Waals surface area contributed by atoms with Crippen LogP contribution in [0.1, 0.15) is 49.4 Å². The summed E-state index contributed by atoms with van der Waals surface area (Å²) in [5.41, 5.74) is 6.86. The van der Waals surface area contributed by atoms with Crippen LogP contribution in [0.25, 0.3) is 0 Å². The van der Waals surface area contributed by atoms with Gasteiger partial charge in [0.2, 0.25) is 0 Å². The van der Waals surface area contributed by atoms with Crippen molar-refractivity contribution in [3.63, 3.8) is 0 Å². The molecule has 1 N–H and O–H groups in total. The molecule has 3 aromatic carbocycles. The molecule has 0 fully saturated rings. The minimum atomic E-state index is -0.302. The van der Waals surface area contributed by atoms with Gasteiger partial charge in [-0.2, -0.15) is 0 Å².